The first-order chi connectivity index (χ1) is 11.1. The molecule has 1 aromatic heterocycles. The maximum Gasteiger partial charge on any atom is 0.315 e. The van der Waals surface area contributed by atoms with Crippen LogP contribution in [0, 0.1) is 6.92 Å². The van der Waals surface area contributed by atoms with E-state index in [1.165, 1.54) is 19.3 Å². The topological polar surface area (TPSA) is 74.0 Å². The monoisotopic (exact) mass is 313 g/mol. The number of aromatic amines is 1. The molecule has 2 amide bonds. The van der Waals surface area contributed by atoms with Gasteiger partial charge in [-0.3, -0.25) is 4.79 Å². The number of H-pyrrole nitrogens is 1. The Labute approximate surface area is 135 Å². The molecule has 1 aliphatic rings. The fraction of sp³-hybridized carbons (Fsp3) is 0.444. The maximum atomic E-state index is 12.1. The van der Waals surface area contributed by atoms with E-state index in [0.717, 1.165) is 29.3 Å². The van der Waals surface area contributed by atoms with Crippen LogP contribution < -0.4 is 16.2 Å². The summed E-state index contributed by atoms with van der Waals surface area (Å²) >= 11 is 0. The van der Waals surface area contributed by atoms with Crippen LogP contribution in [0.4, 0.5) is 4.79 Å². The first kappa shape index (κ1) is 15.6. The fourth-order valence-corrected chi connectivity index (χ4v) is 3.16. The Morgan fingerprint density at radius 2 is 2.00 bits per heavy atom. The van der Waals surface area contributed by atoms with Crippen LogP contribution in [0.1, 0.15) is 43.2 Å². The molecule has 0 spiro atoms. The molecule has 0 radical (unpaired) electrons. The number of carbonyl (C=O) groups excluding carboxylic acids is 1. The molecule has 1 fully saturated rings. The fourth-order valence-electron chi connectivity index (χ4n) is 3.16. The summed E-state index contributed by atoms with van der Waals surface area (Å²) < 4.78 is 0. The number of fused-ring (bicyclic) bond motifs is 1. The number of carbonyl (C=O) groups is 1. The quantitative estimate of drug-likeness (QED) is 0.815. The number of urea groups is 1. The molecule has 5 nitrogen and oxygen atoms in total. The van der Waals surface area contributed by atoms with Crippen LogP contribution >= 0.6 is 0 Å². The summed E-state index contributed by atoms with van der Waals surface area (Å²) in [6, 6.07) is 7.81. The van der Waals surface area contributed by atoms with E-state index in [4.69, 9.17) is 0 Å². The Bertz CT molecular complexity index is 760. The molecule has 5 heteroatoms. The Morgan fingerprint density at radius 3 is 2.78 bits per heavy atom. The van der Waals surface area contributed by atoms with Crippen molar-refractivity contribution in [2.75, 3.05) is 0 Å². The summed E-state index contributed by atoms with van der Waals surface area (Å²) in [6.07, 6.45) is 5.70. The summed E-state index contributed by atoms with van der Waals surface area (Å²) in [4.78, 5) is 26.9. The molecule has 1 saturated carbocycles. The van der Waals surface area contributed by atoms with Crippen LogP contribution in [0.3, 0.4) is 0 Å². The predicted molar refractivity (Wildman–Crippen MR) is 91.6 cm³/mol. The van der Waals surface area contributed by atoms with Gasteiger partial charge in [-0.1, -0.05) is 30.9 Å². The number of aryl methyl sites for hydroxylation is 1. The number of rotatable bonds is 3. The third-order valence-electron chi connectivity index (χ3n) is 4.46. The maximum absolute atomic E-state index is 12.1. The molecule has 1 heterocycles. The third-order valence-corrected chi connectivity index (χ3v) is 4.46. The first-order valence-electron chi connectivity index (χ1n) is 8.29. The van der Waals surface area contributed by atoms with Crippen molar-refractivity contribution in [2.45, 2.75) is 51.6 Å². The average Bonchev–Trinajstić information content (AvgIpc) is 2.54. The van der Waals surface area contributed by atoms with E-state index >= 15 is 0 Å². The summed E-state index contributed by atoms with van der Waals surface area (Å²) in [5.74, 6) is 0. The zero-order valence-electron chi connectivity index (χ0n) is 13.4. The summed E-state index contributed by atoms with van der Waals surface area (Å²) in [5.41, 5.74) is 2.37. The number of hydrogen-bond acceptors (Lipinski definition) is 2. The van der Waals surface area contributed by atoms with Gasteiger partial charge in [-0.15, -0.1) is 0 Å². The summed E-state index contributed by atoms with van der Waals surface area (Å²) in [7, 11) is 0. The SMILES string of the molecule is Cc1ccc2[nH]c(=O)c(CNC(=O)NC3CCCCC3)cc2c1. The van der Waals surface area contributed by atoms with Gasteiger partial charge in [0.1, 0.15) is 0 Å². The number of pyridine rings is 1. The molecule has 1 aromatic carbocycles. The van der Waals surface area contributed by atoms with E-state index in [0.29, 0.717) is 5.56 Å². The van der Waals surface area contributed by atoms with Crippen molar-refractivity contribution in [1.82, 2.24) is 15.6 Å². The van der Waals surface area contributed by atoms with E-state index in [-0.39, 0.29) is 24.2 Å². The van der Waals surface area contributed by atoms with Gasteiger partial charge in [-0.25, -0.2) is 4.79 Å². The van der Waals surface area contributed by atoms with Crippen LogP contribution in [0.5, 0.6) is 0 Å². The van der Waals surface area contributed by atoms with Gasteiger partial charge in [0.05, 0.1) is 0 Å². The Hall–Kier alpha value is -2.30. The number of amides is 2. The molecule has 2 aromatic rings. The van der Waals surface area contributed by atoms with Gasteiger partial charge in [0.25, 0.3) is 5.56 Å². The first-order valence-corrected chi connectivity index (χ1v) is 8.29. The van der Waals surface area contributed by atoms with Crippen LogP contribution in [-0.4, -0.2) is 17.1 Å². The van der Waals surface area contributed by atoms with Gasteiger partial charge in [0.15, 0.2) is 0 Å². The standard InChI is InChI=1S/C18H23N3O2/c1-12-7-8-16-13(9-12)10-14(17(22)21-16)11-19-18(23)20-15-5-3-2-4-6-15/h7-10,15H,2-6,11H2,1H3,(H,21,22)(H2,19,20,23). The molecular weight excluding hydrogens is 290 g/mol. The number of benzene rings is 1. The minimum absolute atomic E-state index is 0.153. The van der Waals surface area contributed by atoms with E-state index in [2.05, 4.69) is 15.6 Å². The van der Waals surface area contributed by atoms with E-state index in [1.54, 1.807) is 0 Å². The van der Waals surface area contributed by atoms with Gasteiger partial charge in [-0.05, 0) is 43.4 Å². The molecule has 122 valence electrons. The normalized spacial score (nSPS) is 15.5. The summed E-state index contributed by atoms with van der Waals surface area (Å²) in [5, 5.41) is 6.77. The zero-order chi connectivity index (χ0) is 16.2. The Morgan fingerprint density at radius 1 is 1.22 bits per heavy atom. The minimum atomic E-state index is -0.194. The van der Waals surface area contributed by atoms with Gasteiger partial charge >= 0.3 is 6.03 Å². The molecule has 0 aliphatic heterocycles. The van der Waals surface area contributed by atoms with Gasteiger partial charge in [0, 0.05) is 23.7 Å². The van der Waals surface area contributed by atoms with Crippen molar-refractivity contribution in [3.05, 3.63) is 45.7 Å². The highest BCUT2D eigenvalue weighted by Crippen LogP contribution is 2.17. The lowest BCUT2D eigenvalue weighted by Crippen LogP contribution is -2.43. The molecule has 3 N–H and O–H groups in total. The second-order valence-electron chi connectivity index (χ2n) is 6.38. The predicted octanol–water partition coefficient (Wildman–Crippen LogP) is 2.97. The van der Waals surface area contributed by atoms with E-state index in [9.17, 15) is 9.59 Å². The van der Waals surface area contributed by atoms with E-state index < -0.39 is 0 Å². The lowest BCUT2D eigenvalue weighted by molar-refractivity contribution is 0.232. The van der Waals surface area contributed by atoms with Crippen molar-refractivity contribution in [1.29, 1.82) is 0 Å². The molecule has 0 unspecified atom stereocenters. The average molecular weight is 313 g/mol. The zero-order valence-corrected chi connectivity index (χ0v) is 13.4. The van der Waals surface area contributed by atoms with Crippen LogP contribution in [0.2, 0.25) is 0 Å². The van der Waals surface area contributed by atoms with Crippen molar-refractivity contribution in [3.8, 4) is 0 Å². The van der Waals surface area contributed by atoms with Crippen molar-refractivity contribution >= 4 is 16.9 Å². The summed E-state index contributed by atoms with van der Waals surface area (Å²) in [6.45, 7) is 2.25. The van der Waals surface area contributed by atoms with Gasteiger partial charge in [-0.2, -0.15) is 0 Å². The van der Waals surface area contributed by atoms with Crippen molar-refractivity contribution in [3.63, 3.8) is 0 Å². The molecular formula is C18H23N3O2. The molecule has 0 atom stereocenters. The van der Waals surface area contributed by atoms with Gasteiger partial charge in [0.2, 0.25) is 0 Å². The van der Waals surface area contributed by atoms with Crippen LogP contribution in [0.15, 0.2) is 29.1 Å². The lowest BCUT2D eigenvalue weighted by Gasteiger charge is -2.22. The van der Waals surface area contributed by atoms with Crippen molar-refractivity contribution < 1.29 is 4.79 Å². The second kappa shape index (κ2) is 6.86. The minimum Gasteiger partial charge on any atom is -0.335 e. The number of hydrogen-bond donors (Lipinski definition) is 3. The third kappa shape index (κ3) is 3.92. The molecule has 0 bridgehead atoms. The molecule has 0 saturated heterocycles. The molecule has 3 rings (SSSR count). The smallest absolute Gasteiger partial charge is 0.315 e. The molecule has 1 aliphatic carbocycles. The largest absolute Gasteiger partial charge is 0.335 e. The lowest BCUT2D eigenvalue weighted by atomic mass is 9.96. The van der Waals surface area contributed by atoms with Crippen LogP contribution in [0.25, 0.3) is 10.9 Å². The number of nitrogens with one attached hydrogen (secondary N) is 3. The second-order valence-corrected chi connectivity index (χ2v) is 6.38. The molecule has 23 heavy (non-hydrogen) atoms. The Balaban J connectivity index is 1.65. The van der Waals surface area contributed by atoms with Crippen molar-refractivity contribution in [2.24, 2.45) is 0 Å². The van der Waals surface area contributed by atoms with Gasteiger partial charge < -0.3 is 15.6 Å². The Kier molecular flexibility index (Phi) is 4.65. The number of aromatic nitrogens is 1. The highest BCUT2D eigenvalue weighted by Gasteiger charge is 2.15. The highest BCUT2D eigenvalue weighted by atomic mass is 16.2. The van der Waals surface area contributed by atoms with Crippen LogP contribution in [-0.2, 0) is 6.54 Å². The van der Waals surface area contributed by atoms with E-state index in [1.807, 2.05) is 31.2 Å². The highest BCUT2D eigenvalue weighted by molar-refractivity contribution is 5.80.